The van der Waals surface area contributed by atoms with E-state index in [1.54, 1.807) is 0 Å². The first-order valence-electron chi connectivity index (χ1n) is 9.06. The molecular formula is C21H20N4O. The maximum absolute atomic E-state index is 13.0. The maximum Gasteiger partial charge on any atom is 0.226 e. The average molecular weight is 344 g/mol. The summed E-state index contributed by atoms with van der Waals surface area (Å²) < 4.78 is 1.88. The van der Waals surface area contributed by atoms with Gasteiger partial charge in [0.05, 0.1) is 0 Å². The summed E-state index contributed by atoms with van der Waals surface area (Å²) in [5.41, 5.74) is 2.95. The van der Waals surface area contributed by atoms with E-state index in [2.05, 4.69) is 52.7 Å². The van der Waals surface area contributed by atoms with Crippen molar-refractivity contribution in [2.75, 3.05) is 5.32 Å². The third-order valence-electron chi connectivity index (χ3n) is 5.35. The number of nitrogens with one attached hydrogen (secondary N) is 1. The molecule has 130 valence electrons. The molecule has 0 fully saturated rings. The number of allylic oxidation sites excluding steroid dienone is 2. The van der Waals surface area contributed by atoms with Crippen molar-refractivity contribution in [3.05, 3.63) is 65.1 Å². The summed E-state index contributed by atoms with van der Waals surface area (Å²) in [5.74, 6) is 1.99. The SMILES string of the molecule is Cc1nc2n(n1)C(c1cccc3ccccc13)C1=C(CC(C)CC1=O)N2. The number of hydrogen-bond donors (Lipinski definition) is 1. The Morgan fingerprint density at radius 3 is 2.81 bits per heavy atom. The topological polar surface area (TPSA) is 59.8 Å². The second-order valence-electron chi connectivity index (χ2n) is 7.35. The largest absolute Gasteiger partial charge is 0.328 e. The number of benzene rings is 2. The first-order valence-corrected chi connectivity index (χ1v) is 9.06. The van der Waals surface area contributed by atoms with E-state index in [9.17, 15) is 4.79 Å². The van der Waals surface area contributed by atoms with Crippen LogP contribution in [-0.4, -0.2) is 20.5 Å². The molecule has 1 aliphatic carbocycles. The monoisotopic (exact) mass is 344 g/mol. The van der Waals surface area contributed by atoms with Gasteiger partial charge in [0.1, 0.15) is 11.9 Å². The van der Waals surface area contributed by atoms with E-state index in [-0.39, 0.29) is 11.8 Å². The van der Waals surface area contributed by atoms with E-state index in [4.69, 9.17) is 0 Å². The zero-order valence-electron chi connectivity index (χ0n) is 14.9. The molecule has 5 rings (SSSR count). The number of fused-ring (bicyclic) bond motifs is 2. The number of carbonyl (C=O) groups excluding carboxylic acids is 1. The van der Waals surface area contributed by atoms with Crippen LogP contribution in [0.15, 0.2) is 53.7 Å². The molecule has 2 unspecified atom stereocenters. The lowest BCUT2D eigenvalue weighted by molar-refractivity contribution is -0.117. The lowest BCUT2D eigenvalue weighted by Gasteiger charge is -2.34. The van der Waals surface area contributed by atoms with Crippen LogP contribution in [-0.2, 0) is 4.79 Å². The summed E-state index contributed by atoms with van der Waals surface area (Å²) in [6.45, 7) is 4.01. The smallest absolute Gasteiger partial charge is 0.226 e. The van der Waals surface area contributed by atoms with Crippen LogP contribution in [0.4, 0.5) is 5.95 Å². The van der Waals surface area contributed by atoms with E-state index < -0.39 is 0 Å². The standard InChI is InChI=1S/C21H20N4O/c1-12-10-17-19(18(26)11-12)20(25-21(23-17)22-13(2)24-25)16-9-5-7-14-6-3-4-8-15(14)16/h3-9,12,20H,10-11H2,1-2H3,(H,22,23,24). The van der Waals surface area contributed by atoms with Crippen LogP contribution in [0.25, 0.3) is 10.8 Å². The van der Waals surface area contributed by atoms with Gasteiger partial charge in [-0.25, -0.2) is 4.68 Å². The fourth-order valence-electron chi connectivity index (χ4n) is 4.29. The van der Waals surface area contributed by atoms with Crippen molar-refractivity contribution in [1.82, 2.24) is 14.8 Å². The van der Waals surface area contributed by atoms with Crippen molar-refractivity contribution in [2.45, 2.75) is 32.7 Å². The molecule has 1 N–H and O–H groups in total. The first-order chi connectivity index (χ1) is 12.6. The van der Waals surface area contributed by atoms with Gasteiger partial charge >= 0.3 is 0 Å². The lowest BCUT2D eigenvalue weighted by atomic mass is 9.80. The fraction of sp³-hybridized carbons (Fsp3) is 0.286. The number of aryl methyl sites for hydroxylation is 1. The van der Waals surface area contributed by atoms with Crippen molar-refractivity contribution in [1.29, 1.82) is 0 Å². The predicted octanol–water partition coefficient (Wildman–Crippen LogP) is 4.01. The number of ketones is 1. The molecule has 5 nitrogen and oxygen atoms in total. The van der Waals surface area contributed by atoms with Crippen LogP contribution in [0.3, 0.4) is 0 Å². The highest BCUT2D eigenvalue weighted by atomic mass is 16.1. The number of carbonyl (C=O) groups is 1. The molecule has 1 aromatic heterocycles. The van der Waals surface area contributed by atoms with Crippen LogP contribution in [0.2, 0.25) is 0 Å². The Hall–Kier alpha value is -2.95. The number of aromatic nitrogens is 3. The molecule has 2 heterocycles. The van der Waals surface area contributed by atoms with E-state index >= 15 is 0 Å². The van der Waals surface area contributed by atoms with Gasteiger partial charge in [-0.05, 0) is 35.6 Å². The third kappa shape index (κ3) is 2.20. The number of hydrogen-bond acceptors (Lipinski definition) is 4. The second-order valence-corrected chi connectivity index (χ2v) is 7.35. The Morgan fingerprint density at radius 1 is 1.12 bits per heavy atom. The summed E-state index contributed by atoms with van der Waals surface area (Å²) in [4.78, 5) is 17.6. The maximum atomic E-state index is 13.0. The van der Waals surface area contributed by atoms with Crippen molar-refractivity contribution in [3.63, 3.8) is 0 Å². The van der Waals surface area contributed by atoms with Gasteiger partial charge in [-0.15, -0.1) is 0 Å². The van der Waals surface area contributed by atoms with E-state index in [0.717, 1.165) is 34.6 Å². The summed E-state index contributed by atoms with van der Waals surface area (Å²) in [6, 6.07) is 14.3. The van der Waals surface area contributed by atoms with Gasteiger partial charge < -0.3 is 5.32 Å². The van der Waals surface area contributed by atoms with Crippen LogP contribution in [0, 0.1) is 12.8 Å². The Bertz CT molecular complexity index is 1070. The molecule has 0 spiro atoms. The Kier molecular flexibility index (Phi) is 3.26. The number of Topliss-reactive ketones (excluding diaryl/α,β-unsaturated/α-hetero) is 1. The van der Waals surface area contributed by atoms with Gasteiger partial charge in [0.2, 0.25) is 5.95 Å². The van der Waals surface area contributed by atoms with E-state index in [1.807, 2.05) is 23.7 Å². The molecule has 0 bridgehead atoms. The van der Waals surface area contributed by atoms with Crippen LogP contribution >= 0.6 is 0 Å². The minimum Gasteiger partial charge on any atom is -0.328 e. The Morgan fingerprint density at radius 2 is 1.92 bits per heavy atom. The van der Waals surface area contributed by atoms with E-state index in [1.165, 1.54) is 5.39 Å². The minimum absolute atomic E-state index is 0.211. The molecule has 0 amide bonds. The summed E-state index contributed by atoms with van der Waals surface area (Å²) >= 11 is 0. The van der Waals surface area contributed by atoms with Crippen LogP contribution in [0.5, 0.6) is 0 Å². The zero-order chi connectivity index (χ0) is 17.8. The summed E-state index contributed by atoms with van der Waals surface area (Å²) in [5, 5.41) is 10.3. The molecule has 2 atom stereocenters. The molecule has 1 aliphatic heterocycles. The Labute approximate surface area is 151 Å². The summed E-state index contributed by atoms with van der Waals surface area (Å²) in [7, 11) is 0. The molecule has 2 aliphatic rings. The zero-order valence-corrected chi connectivity index (χ0v) is 14.9. The summed E-state index contributed by atoms with van der Waals surface area (Å²) in [6.07, 6.45) is 1.46. The third-order valence-corrected chi connectivity index (χ3v) is 5.35. The van der Waals surface area contributed by atoms with Crippen molar-refractivity contribution in [3.8, 4) is 0 Å². The normalized spacial score (nSPS) is 22.2. The van der Waals surface area contributed by atoms with Gasteiger partial charge in [0.15, 0.2) is 5.78 Å². The predicted molar refractivity (Wildman–Crippen MR) is 101 cm³/mol. The highest BCUT2D eigenvalue weighted by molar-refractivity contribution is 6.00. The van der Waals surface area contributed by atoms with E-state index in [0.29, 0.717) is 18.2 Å². The minimum atomic E-state index is -0.228. The van der Waals surface area contributed by atoms with Gasteiger partial charge in [-0.2, -0.15) is 10.1 Å². The van der Waals surface area contributed by atoms with Gasteiger partial charge in [-0.1, -0.05) is 49.4 Å². The van der Waals surface area contributed by atoms with Crippen LogP contribution < -0.4 is 5.32 Å². The number of nitrogens with zero attached hydrogens (tertiary/aromatic N) is 3. The van der Waals surface area contributed by atoms with Gasteiger partial charge in [0, 0.05) is 17.7 Å². The molecule has 5 heteroatoms. The molecular weight excluding hydrogens is 324 g/mol. The highest BCUT2D eigenvalue weighted by Gasteiger charge is 2.38. The molecule has 0 saturated carbocycles. The average Bonchev–Trinajstić information content (AvgIpc) is 2.99. The quantitative estimate of drug-likeness (QED) is 0.725. The van der Waals surface area contributed by atoms with Crippen molar-refractivity contribution in [2.24, 2.45) is 5.92 Å². The molecule has 3 aromatic rings. The number of anilines is 1. The van der Waals surface area contributed by atoms with Crippen LogP contribution in [0.1, 0.15) is 37.2 Å². The molecule has 0 radical (unpaired) electrons. The number of rotatable bonds is 1. The van der Waals surface area contributed by atoms with Gasteiger partial charge in [-0.3, -0.25) is 4.79 Å². The van der Waals surface area contributed by atoms with Crippen molar-refractivity contribution < 1.29 is 4.79 Å². The fourth-order valence-corrected chi connectivity index (χ4v) is 4.29. The first kappa shape index (κ1) is 15.3. The molecule has 26 heavy (non-hydrogen) atoms. The Balaban J connectivity index is 1.80. The highest BCUT2D eigenvalue weighted by Crippen LogP contribution is 2.42. The molecule has 2 aromatic carbocycles. The lowest BCUT2D eigenvalue weighted by Crippen LogP contribution is -2.33. The van der Waals surface area contributed by atoms with Gasteiger partial charge in [0.25, 0.3) is 0 Å². The molecule has 0 saturated heterocycles. The van der Waals surface area contributed by atoms with Crippen molar-refractivity contribution >= 4 is 22.5 Å². The second kappa shape index (κ2) is 5.53.